The van der Waals surface area contributed by atoms with Crippen molar-refractivity contribution in [2.45, 2.75) is 31.2 Å². The quantitative estimate of drug-likeness (QED) is 0.799. The van der Waals surface area contributed by atoms with Gasteiger partial charge in [0, 0.05) is 31.1 Å². The van der Waals surface area contributed by atoms with Gasteiger partial charge in [-0.05, 0) is 31.4 Å². The zero-order valence-corrected chi connectivity index (χ0v) is 13.1. The fourth-order valence-corrected chi connectivity index (χ4v) is 3.12. The average Bonchev–Trinajstić information content (AvgIpc) is 2.54. The number of para-hydroxylation sites is 1. The molecule has 1 saturated heterocycles. The largest absolute Gasteiger partial charge is 0.376 e. The highest BCUT2D eigenvalue weighted by atomic mass is 35.5. The first-order valence-electron chi connectivity index (χ1n) is 7.55. The molecule has 3 rings (SSSR count). The van der Waals surface area contributed by atoms with Gasteiger partial charge in [-0.1, -0.05) is 18.2 Å². The Morgan fingerprint density at radius 1 is 1.33 bits per heavy atom. The second kappa shape index (κ2) is 6.63. The van der Waals surface area contributed by atoms with Crippen LogP contribution < -0.4 is 4.90 Å². The molecule has 112 valence electrons. The summed E-state index contributed by atoms with van der Waals surface area (Å²) < 4.78 is 5.83. The molecule has 2 heterocycles. The van der Waals surface area contributed by atoms with Crippen LogP contribution in [0.1, 0.15) is 24.8 Å². The number of benzene rings is 1. The highest BCUT2D eigenvalue weighted by Gasteiger charge is 2.18. The average molecular weight is 305 g/mol. The van der Waals surface area contributed by atoms with Gasteiger partial charge in [-0.15, -0.1) is 11.6 Å². The summed E-state index contributed by atoms with van der Waals surface area (Å²) in [4.78, 5) is 6.98. The van der Waals surface area contributed by atoms with Crippen molar-refractivity contribution in [2.24, 2.45) is 0 Å². The number of ether oxygens (including phenoxy) is 1. The molecule has 1 aromatic heterocycles. The minimum absolute atomic E-state index is 0.306. The first-order chi connectivity index (χ1) is 10.3. The second-order valence-corrected chi connectivity index (χ2v) is 5.93. The van der Waals surface area contributed by atoms with Crippen LogP contribution in [-0.2, 0) is 10.6 Å². The number of halogens is 1. The lowest BCUT2D eigenvalue weighted by Crippen LogP contribution is -2.34. The van der Waals surface area contributed by atoms with Crippen LogP contribution in [0.5, 0.6) is 0 Å². The molecule has 0 spiro atoms. The standard InChI is InChI=1S/C17H21ClN2O/c1-20(12-15-7-4-5-9-21-15)17-14(11-18)10-13-6-2-3-8-16(13)19-17/h2-3,6,8,10,15H,4-5,7,9,11-12H2,1H3. The summed E-state index contributed by atoms with van der Waals surface area (Å²) in [6.45, 7) is 1.75. The number of likely N-dealkylation sites (N-methyl/N-ethyl adjacent to an activating group) is 1. The molecule has 1 aliphatic rings. The molecule has 0 aliphatic carbocycles. The number of hydrogen-bond donors (Lipinski definition) is 0. The van der Waals surface area contributed by atoms with E-state index in [4.69, 9.17) is 21.3 Å². The Morgan fingerprint density at radius 3 is 2.95 bits per heavy atom. The molecule has 0 saturated carbocycles. The first kappa shape index (κ1) is 14.6. The molecule has 1 aromatic carbocycles. The highest BCUT2D eigenvalue weighted by Crippen LogP contribution is 2.25. The van der Waals surface area contributed by atoms with Gasteiger partial charge in [-0.3, -0.25) is 0 Å². The number of rotatable bonds is 4. The fourth-order valence-electron chi connectivity index (χ4n) is 2.92. The summed E-state index contributed by atoms with van der Waals surface area (Å²) in [7, 11) is 2.07. The topological polar surface area (TPSA) is 25.4 Å². The van der Waals surface area contributed by atoms with Crippen LogP contribution in [0.25, 0.3) is 10.9 Å². The van der Waals surface area contributed by atoms with Gasteiger partial charge >= 0.3 is 0 Å². The molecule has 0 N–H and O–H groups in total. The van der Waals surface area contributed by atoms with Crippen molar-refractivity contribution >= 4 is 28.3 Å². The molecule has 4 heteroatoms. The molecule has 1 aliphatic heterocycles. The van der Waals surface area contributed by atoms with Crippen LogP contribution in [0.4, 0.5) is 5.82 Å². The minimum Gasteiger partial charge on any atom is -0.376 e. The van der Waals surface area contributed by atoms with Crippen LogP contribution in [0.15, 0.2) is 30.3 Å². The Morgan fingerprint density at radius 2 is 2.19 bits per heavy atom. The van der Waals surface area contributed by atoms with Gasteiger partial charge < -0.3 is 9.64 Å². The van der Waals surface area contributed by atoms with E-state index in [1.165, 1.54) is 12.8 Å². The van der Waals surface area contributed by atoms with Gasteiger partial charge in [0.15, 0.2) is 0 Å². The van der Waals surface area contributed by atoms with E-state index in [1.54, 1.807) is 0 Å². The van der Waals surface area contributed by atoms with Crippen molar-refractivity contribution < 1.29 is 4.74 Å². The number of aromatic nitrogens is 1. The maximum atomic E-state index is 6.12. The number of alkyl halides is 1. The highest BCUT2D eigenvalue weighted by molar-refractivity contribution is 6.17. The molecular formula is C17H21ClN2O. The zero-order valence-electron chi connectivity index (χ0n) is 12.4. The van der Waals surface area contributed by atoms with Crippen molar-refractivity contribution in [3.05, 3.63) is 35.9 Å². The smallest absolute Gasteiger partial charge is 0.133 e. The summed E-state index contributed by atoms with van der Waals surface area (Å²) >= 11 is 6.12. The Hall–Kier alpha value is -1.32. The van der Waals surface area contributed by atoms with Crippen molar-refractivity contribution in [1.29, 1.82) is 0 Å². The van der Waals surface area contributed by atoms with Gasteiger partial charge in [0.2, 0.25) is 0 Å². The van der Waals surface area contributed by atoms with Crippen LogP contribution in [-0.4, -0.2) is 31.3 Å². The summed E-state index contributed by atoms with van der Waals surface area (Å²) in [6.07, 6.45) is 3.88. The third-order valence-electron chi connectivity index (χ3n) is 4.04. The lowest BCUT2D eigenvalue weighted by atomic mass is 10.1. The van der Waals surface area contributed by atoms with Gasteiger partial charge in [0.25, 0.3) is 0 Å². The van der Waals surface area contributed by atoms with Crippen molar-refractivity contribution in [1.82, 2.24) is 4.98 Å². The van der Waals surface area contributed by atoms with Crippen LogP contribution in [0, 0.1) is 0 Å². The monoisotopic (exact) mass is 304 g/mol. The molecule has 3 nitrogen and oxygen atoms in total. The Kier molecular flexibility index (Phi) is 4.61. The van der Waals surface area contributed by atoms with Crippen molar-refractivity contribution in [3.8, 4) is 0 Å². The number of fused-ring (bicyclic) bond motifs is 1. The third-order valence-corrected chi connectivity index (χ3v) is 4.33. The predicted octanol–water partition coefficient (Wildman–Crippen LogP) is 3.98. The van der Waals surface area contributed by atoms with Gasteiger partial charge in [0.05, 0.1) is 17.5 Å². The molecule has 1 unspecified atom stereocenters. The molecule has 1 fully saturated rings. The molecule has 0 radical (unpaired) electrons. The van der Waals surface area contributed by atoms with Gasteiger partial charge in [-0.25, -0.2) is 4.98 Å². The minimum atomic E-state index is 0.306. The number of pyridine rings is 1. The second-order valence-electron chi connectivity index (χ2n) is 5.67. The molecule has 0 amide bonds. The number of anilines is 1. The van der Waals surface area contributed by atoms with E-state index in [-0.39, 0.29) is 0 Å². The third kappa shape index (κ3) is 3.30. The molecule has 21 heavy (non-hydrogen) atoms. The SMILES string of the molecule is CN(CC1CCCCO1)c1nc2ccccc2cc1CCl. The molecular weight excluding hydrogens is 284 g/mol. The Bertz CT molecular complexity index is 611. The van der Waals surface area contributed by atoms with E-state index in [2.05, 4.69) is 24.1 Å². The predicted molar refractivity (Wildman–Crippen MR) is 88.2 cm³/mol. The normalized spacial score (nSPS) is 18.9. The number of nitrogens with zero attached hydrogens (tertiary/aromatic N) is 2. The van der Waals surface area contributed by atoms with E-state index in [0.717, 1.165) is 41.9 Å². The number of hydrogen-bond acceptors (Lipinski definition) is 3. The van der Waals surface area contributed by atoms with Crippen LogP contribution >= 0.6 is 11.6 Å². The van der Waals surface area contributed by atoms with E-state index in [1.807, 2.05) is 18.2 Å². The van der Waals surface area contributed by atoms with Crippen LogP contribution in [0.2, 0.25) is 0 Å². The van der Waals surface area contributed by atoms with Gasteiger partial charge in [0.1, 0.15) is 5.82 Å². The van der Waals surface area contributed by atoms with E-state index >= 15 is 0 Å². The molecule has 1 atom stereocenters. The van der Waals surface area contributed by atoms with Gasteiger partial charge in [-0.2, -0.15) is 0 Å². The summed E-state index contributed by atoms with van der Waals surface area (Å²) in [5.74, 6) is 1.45. The van der Waals surface area contributed by atoms with Crippen molar-refractivity contribution in [3.63, 3.8) is 0 Å². The first-order valence-corrected chi connectivity index (χ1v) is 8.09. The van der Waals surface area contributed by atoms with E-state index < -0.39 is 0 Å². The summed E-state index contributed by atoms with van der Waals surface area (Å²) in [5, 5.41) is 1.14. The van der Waals surface area contributed by atoms with E-state index in [9.17, 15) is 0 Å². The lowest BCUT2D eigenvalue weighted by molar-refractivity contribution is 0.0215. The molecule has 0 bridgehead atoms. The molecule has 2 aromatic rings. The fraction of sp³-hybridized carbons (Fsp3) is 0.471. The lowest BCUT2D eigenvalue weighted by Gasteiger charge is -2.29. The maximum absolute atomic E-state index is 6.12. The maximum Gasteiger partial charge on any atom is 0.133 e. The summed E-state index contributed by atoms with van der Waals surface area (Å²) in [5.41, 5.74) is 2.09. The van der Waals surface area contributed by atoms with Crippen LogP contribution in [0.3, 0.4) is 0 Å². The summed E-state index contributed by atoms with van der Waals surface area (Å²) in [6, 6.07) is 10.3. The van der Waals surface area contributed by atoms with Crippen molar-refractivity contribution in [2.75, 3.05) is 25.1 Å². The Balaban J connectivity index is 1.86. The van der Waals surface area contributed by atoms with E-state index in [0.29, 0.717) is 12.0 Å². The zero-order chi connectivity index (χ0) is 14.7. The Labute approximate surface area is 130 Å².